The molecule has 1 saturated carbocycles. The second-order valence-electron chi connectivity index (χ2n) is 6.91. The minimum atomic E-state index is -0.292. The predicted molar refractivity (Wildman–Crippen MR) is 99.7 cm³/mol. The molecule has 140 valence electrons. The summed E-state index contributed by atoms with van der Waals surface area (Å²) in [5.41, 5.74) is 1.80. The topological polar surface area (TPSA) is 73.2 Å². The van der Waals surface area contributed by atoms with Crippen LogP contribution in [0, 0.1) is 5.92 Å². The number of hydrogen-bond donors (Lipinski definition) is 1. The number of imidazole rings is 1. The molecule has 0 atom stereocenters. The summed E-state index contributed by atoms with van der Waals surface area (Å²) in [7, 11) is 1.39. The Kier molecular flexibility index (Phi) is 6.26. The first kappa shape index (κ1) is 18.4. The van der Waals surface area contributed by atoms with Gasteiger partial charge in [-0.25, -0.2) is 4.98 Å². The summed E-state index contributed by atoms with van der Waals surface area (Å²) < 4.78 is 6.71. The zero-order chi connectivity index (χ0) is 18.4. The maximum atomic E-state index is 12.2. The average molecular weight is 357 g/mol. The van der Waals surface area contributed by atoms with Crippen LogP contribution in [-0.4, -0.2) is 35.1 Å². The van der Waals surface area contributed by atoms with E-state index >= 15 is 0 Å². The number of aromatic nitrogens is 2. The maximum absolute atomic E-state index is 12.2. The summed E-state index contributed by atoms with van der Waals surface area (Å²) in [6.07, 6.45) is 7.10. The van der Waals surface area contributed by atoms with Gasteiger partial charge in [-0.15, -0.1) is 0 Å². The van der Waals surface area contributed by atoms with Crippen molar-refractivity contribution in [2.75, 3.05) is 13.7 Å². The van der Waals surface area contributed by atoms with Crippen LogP contribution in [0.4, 0.5) is 0 Å². The largest absolute Gasteiger partial charge is 0.468 e. The van der Waals surface area contributed by atoms with E-state index in [1.54, 1.807) is 0 Å². The quantitative estimate of drug-likeness (QED) is 0.611. The normalized spacial score (nSPS) is 15.1. The van der Waals surface area contributed by atoms with Gasteiger partial charge in [-0.2, -0.15) is 0 Å². The number of ether oxygens (including phenoxy) is 1. The van der Waals surface area contributed by atoms with Gasteiger partial charge < -0.3 is 14.6 Å². The first-order chi connectivity index (χ1) is 12.7. The van der Waals surface area contributed by atoms with Gasteiger partial charge in [0.2, 0.25) is 5.91 Å². The Morgan fingerprint density at radius 3 is 2.77 bits per heavy atom. The molecule has 0 spiro atoms. The fraction of sp³-hybridized carbons (Fsp3) is 0.550. The Hall–Kier alpha value is -2.37. The highest BCUT2D eigenvalue weighted by Gasteiger charge is 2.20. The van der Waals surface area contributed by atoms with E-state index in [0.717, 1.165) is 49.0 Å². The van der Waals surface area contributed by atoms with Crippen molar-refractivity contribution in [3.05, 3.63) is 30.1 Å². The minimum Gasteiger partial charge on any atom is -0.468 e. The van der Waals surface area contributed by atoms with Crippen LogP contribution in [-0.2, 0) is 27.3 Å². The van der Waals surface area contributed by atoms with E-state index in [1.807, 2.05) is 28.8 Å². The number of carbonyl (C=O) groups is 2. The van der Waals surface area contributed by atoms with Crippen LogP contribution in [0.1, 0.15) is 44.3 Å². The Labute approximate surface area is 153 Å². The molecule has 0 aliphatic heterocycles. The number of amides is 1. The van der Waals surface area contributed by atoms with Crippen LogP contribution in [0.3, 0.4) is 0 Å². The third-order valence-corrected chi connectivity index (χ3v) is 5.10. The van der Waals surface area contributed by atoms with Crippen molar-refractivity contribution >= 4 is 22.9 Å². The molecule has 2 aromatic rings. The number of nitrogens with zero attached hydrogens (tertiary/aromatic N) is 2. The number of hydrogen-bond acceptors (Lipinski definition) is 4. The van der Waals surface area contributed by atoms with Crippen LogP contribution < -0.4 is 5.32 Å². The molecule has 1 N–H and O–H groups in total. The van der Waals surface area contributed by atoms with Crippen LogP contribution >= 0.6 is 0 Å². The molecule has 1 aliphatic rings. The van der Waals surface area contributed by atoms with Crippen molar-refractivity contribution in [1.29, 1.82) is 0 Å². The molecule has 6 nitrogen and oxygen atoms in total. The first-order valence-corrected chi connectivity index (χ1v) is 9.47. The third-order valence-electron chi connectivity index (χ3n) is 5.10. The van der Waals surface area contributed by atoms with Crippen molar-refractivity contribution in [3.63, 3.8) is 0 Å². The predicted octanol–water partition coefficient (Wildman–Crippen LogP) is 2.84. The Morgan fingerprint density at radius 2 is 2.00 bits per heavy atom. The van der Waals surface area contributed by atoms with Crippen molar-refractivity contribution in [2.45, 2.75) is 51.5 Å². The molecule has 1 aromatic heterocycles. The molecule has 1 heterocycles. The highest BCUT2D eigenvalue weighted by Crippen LogP contribution is 2.23. The van der Waals surface area contributed by atoms with Crippen LogP contribution in [0.2, 0.25) is 0 Å². The Balaban J connectivity index is 1.58. The van der Waals surface area contributed by atoms with Gasteiger partial charge in [0.1, 0.15) is 12.4 Å². The lowest BCUT2D eigenvalue weighted by Gasteiger charge is -2.20. The summed E-state index contributed by atoms with van der Waals surface area (Å²) in [4.78, 5) is 28.6. The number of fused-ring (bicyclic) bond motifs is 1. The summed E-state index contributed by atoms with van der Waals surface area (Å²) in [5.74, 6) is 0.934. The van der Waals surface area contributed by atoms with E-state index in [2.05, 4.69) is 10.3 Å². The van der Waals surface area contributed by atoms with E-state index in [-0.39, 0.29) is 24.3 Å². The van der Waals surface area contributed by atoms with Gasteiger partial charge in [-0.1, -0.05) is 31.4 Å². The zero-order valence-electron chi connectivity index (χ0n) is 15.4. The van der Waals surface area contributed by atoms with Crippen molar-refractivity contribution in [1.82, 2.24) is 14.9 Å². The number of carbonyl (C=O) groups excluding carboxylic acids is 2. The molecular weight excluding hydrogens is 330 g/mol. The summed E-state index contributed by atoms with van der Waals surface area (Å²) in [5, 5.41) is 3.06. The van der Waals surface area contributed by atoms with Gasteiger partial charge in [-0.3, -0.25) is 9.59 Å². The number of nitrogens with one attached hydrogen (secondary N) is 1. The standard InChI is InChI=1S/C20H27N3O3/c1-26-19(24)14-23-17-11-6-5-10-16(17)22-18(23)12-7-13-21-20(25)15-8-3-2-4-9-15/h5-6,10-11,15H,2-4,7-9,12-14H2,1H3,(H,21,25). The molecule has 1 aromatic carbocycles. The monoisotopic (exact) mass is 357 g/mol. The molecule has 26 heavy (non-hydrogen) atoms. The Morgan fingerprint density at radius 1 is 1.23 bits per heavy atom. The van der Waals surface area contributed by atoms with Crippen molar-refractivity contribution in [2.24, 2.45) is 5.92 Å². The minimum absolute atomic E-state index is 0.154. The number of para-hydroxylation sites is 2. The Bertz CT molecular complexity index is 763. The maximum Gasteiger partial charge on any atom is 0.325 e. The highest BCUT2D eigenvalue weighted by molar-refractivity contribution is 5.79. The van der Waals surface area contributed by atoms with Crippen LogP contribution in [0.25, 0.3) is 11.0 Å². The van der Waals surface area contributed by atoms with Crippen molar-refractivity contribution in [3.8, 4) is 0 Å². The van der Waals surface area contributed by atoms with E-state index in [9.17, 15) is 9.59 Å². The molecule has 0 saturated heterocycles. The summed E-state index contributed by atoms with van der Waals surface area (Å²) >= 11 is 0. The lowest BCUT2D eigenvalue weighted by atomic mass is 9.89. The van der Waals surface area contributed by atoms with E-state index < -0.39 is 0 Å². The second-order valence-corrected chi connectivity index (χ2v) is 6.91. The molecule has 1 aliphatic carbocycles. The smallest absolute Gasteiger partial charge is 0.325 e. The fourth-order valence-electron chi connectivity index (χ4n) is 3.65. The van der Waals surface area contributed by atoms with E-state index in [4.69, 9.17) is 4.74 Å². The van der Waals surface area contributed by atoms with Gasteiger partial charge in [0.15, 0.2) is 0 Å². The van der Waals surface area contributed by atoms with Gasteiger partial charge in [-0.05, 0) is 31.4 Å². The van der Waals surface area contributed by atoms with Crippen LogP contribution in [0.5, 0.6) is 0 Å². The van der Waals surface area contributed by atoms with Crippen LogP contribution in [0.15, 0.2) is 24.3 Å². The molecule has 1 fully saturated rings. The van der Waals surface area contributed by atoms with Gasteiger partial charge >= 0.3 is 5.97 Å². The lowest BCUT2D eigenvalue weighted by Crippen LogP contribution is -2.32. The zero-order valence-corrected chi connectivity index (χ0v) is 15.4. The highest BCUT2D eigenvalue weighted by atomic mass is 16.5. The number of rotatable bonds is 7. The first-order valence-electron chi connectivity index (χ1n) is 9.47. The number of methoxy groups -OCH3 is 1. The number of aryl methyl sites for hydroxylation is 1. The molecule has 0 radical (unpaired) electrons. The van der Waals surface area contributed by atoms with E-state index in [1.165, 1.54) is 13.5 Å². The number of esters is 1. The molecule has 1 amide bonds. The SMILES string of the molecule is COC(=O)Cn1c(CCCNC(=O)C2CCCCC2)nc2ccccc21. The molecule has 6 heteroatoms. The lowest BCUT2D eigenvalue weighted by molar-refractivity contribution is -0.141. The molecule has 3 rings (SSSR count). The second kappa shape index (κ2) is 8.83. The third kappa shape index (κ3) is 4.42. The fourth-order valence-corrected chi connectivity index (χ4v) is 3.65. The molecular formula is C20H27N3O3. The summed E-state index contributed by atoms with van der Waals surface area (Å²) in [6, 6.07) is 7.77. The van der Waals surface area contributed by atoms with Gasteiger partial charge in [0.05, 0.1) is 18.1 Å². The average Bonchev–Trinajstić information content (AvgIpc) is 3.03. The molecule has 0 unspecified atom stereocenters. The van der Waals surface area contributed by atoms with Crippen molar-refractivity contribution < 1.29 is 14.3 Å². The van der Waals surface area contributed by atoms with E-state index in [0.29, 0.717) is 13.0 Å². The number of benzene rings is 1. The van der Waals surface area contributed by atoms with Gasteiger partial charge in [0.25, 0.3) is 0 Å². The summed E-state index contributed by atoms with van der Waals surface area (Å²) in [6.45, 7) is 0.789. The molecule has 0 bridgehead atoms. The van der Waals surface area contributed by atoms with Gasteiger partial charge in [0, 0.05) is 18.9 Å².